The van der Waals surface area contributed by atoms with Gasteiger partial charge in [0.05, 0.1) is 19.8 Å². The average molecular weight is 243 g/mol. The average Bonchev–Trinajstić information content (AvgIpc) is 2.34. The smallest absolute Gasteiger partial charge is 0.342 e. The molecule has 0 aromatic carbocycles. The fourth-order valence-corrected chi connectivity index (χ4v) is 1.05. The summed E-state index contributed by atoms with van der Waals surface area (Å²) < 4.78 is 27.7. The van der Waals surface area contributed by atoms with Gasteiger partial charge in [-0.15, -0.1) is 0 Å². The molecule has 0 radical (unpaired) electrons. The van der Waals surface area contributed by atoms with Crippen LogP contribution in [0.2, 0.25) is 0 Å². The van der Waals surface area contributed by atoms with E-state index < -0.39 is 11.9 Å². The second-order valence-corrected chi connectivity index (χ2v) is 3.08. The van der Waals surface area contributed by atoms with Crippen molar-refractivity contribution in [2.75, 3.05) is 33.5 Å². The predicted molar refractivity (Wildman–Crippen MR) is 57.2 cm³/mol. The summed E-state index contributed by atoms with van der Waals surface area (Å²) >= 11 is 0. The molecule has 1 aromatic heterocycles. The zero-order valence-corrected chi connectivity index (χ0v) is 9.52. The minimum absolute atomic E-state index is 0.0664. The molecule has 0 bridgehead atoms. The lowest BCUT2D eigenvalue weighted by atomic mass is 10.3. The van der Waals surface area contributed by atoms with Crippen LogP contribution in [-0.2, 0) is 14.2 Å². The minimum atomic E-state index is -0.835. The Morgan fingerprint density at radius 1 is 1.35 bits per heavy atom. The molecule has 0 aliphatic heterocycles. The van der Waals surface area contributed by atoms with E-state index in [2.05, 4.69) is 4.98 Å². The van der Waals surface area contributed by atoms with Crippen LogP contribution in [0.15, 0.2) is 18.3 Å². The number of nitrogens with zero attached hydrogens (tertiary/aromatic N) is 1. The molecule has 1 rings (SSSR count). The van der Waals surface area contributed by atoms with E-state index in [4.69, 9.17) is 14.2 Å². The van der Waals surface area contributed by atoms with E-state index in [1.807, 2.05) is 0 Å². The predicted octanol–water partition coefficient (Wildman–Crippen LogP) is 1.04. The Hall–Kier alpha value is -1.53. The van der Waals surface area contributed by atoms with E-state index in [1.165, 1.54) is 18.3 Å². The number of hydrogen-bond acceptors (Lipinski definition) is 5. The number of aromatic nitrogens is 1. The Bertz CT molecular complexity index is 359. The van der Waals surface area contributed by atoms with Gasteiger partial charge in [0.1, 0.15) is 12.2 Å². The van der Waals surface area contributed by atoms with Crippen molar-refractivity contribution in [3.05, 3.63) is 29.8 Å². The van der Waals surface area contributed by atoms with Crippen molar-refractivity contribution in [1.82, 2.24) is 4.98 Å². The number of pyridine rings is 1. The summed E-state index contributed by atoms with van der Waals surface area (Å²) in [5, 5.41) is 0. The second-order valence-electron chi connectivity index (χ2n) is 3.08. The maximum Gasteiger partial charge on any atom is 0.342 e. The Morgan fingerprint density at radius 3 is 2.82 bits per heavy atom. The third kappa shape index (κ3) is 4.88. The molecule has 0 amide bonds. The molecule has 0 fully saturated rings. The van der Waals surface area contributed by atoms with Gasteiger partial charge in [0.2, 0.25) is 5.95 Å². The lowest BCUT2D eigenvalue weighted by molar-refractivity contribution is 0.0210. The van der Waals surface area contributed by atoms with Crippen molar-refractivity contribution in [3.63, 3.8) is 0 Å². The Labute approximate surface area is 98.5 Å². The summed E-state index contributed by atoms with van der Waals surface area (Å²) in [6.07, 6.45) is 1.26. The zero-order chi connectivity index (χ0) is 12.5. The molecule has 5 nitrogen and oxygen atoms in total. The standard InChI is InChI=1S/C11H14FNO4/c1-15-5-6-16-7-8-17-11(14)9-3-2-4-13-10(9)12/h2-4H,5-8H2,1H3. The first-order valence-corrected chi connectivity index (χ1v) is 5.10. The highest BCUT2D eigenvalue weighted by atomic mass is 19.1. The van der Waals surface area contributed by atoms with Crippen molar-refractivity contribution in [1.29, 1.82) is 0 Å². The number of carbonyl (C=O) groups excluding carboxylic acids is 1. The van der Waals surface area contributed by atoms with Gasteiger partial charge in [-0.2, -0.15) is 4.39 Å². The van der Waals surface area contributed by atoms with Gasteiger partial charge in [-0.3, -0.25) is 0 Å². The lowest BCUT2D eigenvalue weighted by Gasteiger charge is -2.05. The van der Waals surface area contributed by atoms with E-state index in [0.29, 0.717) is 13.2 Å². The maximum atomic E-state index is 13.1. The number of halogens is 1. The number of hydrogen-bond donors (Lipinski definition) is 0. The fourth-order valence-electron chi connectivity index (χ4n) is 1.05. The highest BCUT2D eigenvalue weighted by Gasteiger charge is 2.12. The first kappa shape index (κ1) is 13.5. The summed E-state index contributed by atoms with van der Waals surface area (Å²) in [6.45, 7) is 1.22. The summed E-state index contributed by atoms with van der Waals surface area (Å²) in [6, 6.07) is 2.78. The third-order valence-corrected chi connectivity index (χ3v) is 1.87. The molecular weight excluding hydrogens is 229 g/mol. The van der Waals surface area contributed by atoms with Crippen LogP contribution >= 0.6 is 0 Å². The van der Waals surface area contributed by atoms with Crippen molar-refractivity contribution in [2.24, 2.45) is 0 Å². The molecule has 0 spiro atoms. The van der Waals surface area contributed by atoms with E-state index in [9.17, 15) is 9.18 Å². The summed E-state index contributed by atoms with van der Waals surface area (Å²) in [5.74, 6) is -1.58. The van der Waals surface area contributed by atoms with Crippen LogP contribution in [0, 0.1) is 5.95 Å². The lowest BCUT2D eigenvalue weighted by Crippen LogP contribution is -2.14. The quantitative estimate of drug-likeness (QED) is 0.407. The highest BCUT2D eigenvalue weighted by molar-refractivity contribution is 5.89. The molecule has 0 aliphatic rings. The van der Waals surface area contributed by atoms with Gasteiger partial charge >= 0.3 is 5.97 Å². The van der Waals surface area contributed by atoms with Crippen LogP contribution in [0.4, 0.5) is 4.39 Å². The molecule has 0 atom stereocenters. The van der Waals surface area contributed by atoms with Gasteiger partial charge in [0, 0.05) is 13.3 Å². The van der Waals surface area contributed by atoms with E-state index in [1.54, 1.807) is 7.11 Å². The van der Waals surface area contributed by atoms with Gasteiger partial charge in [0.15, 0.2) is 0 Å². The maximum absolute atomic E-state index is 13.1. The normalized spacial score (nSPS) is 10.2. The van der Waals surface area contributed by atoms with Gasteiger partial charge in [-0.05, 0) is 12.1 Å². The third-order valence-electron chi connectivity index (χ3n) is 1.87. The molecule has 6 heteroatoms. The van der Waals surface area contributed by atoms with E-state index in [-0.39, 0.29) is 18.8 Å². The van der Waals surface area contributed by atoms with E-state index >= 15 is 0 Å². The van der Waals surface area contributed by atoms with Crippen molar-refractivity contribution in [2.45, 2.75) is 0 Å². The SMILES string of the molecule is COCCOCCOC(=O)c1cccnc1F. The second kappa shape index (κ2) is 7.70. The van der Waals surface area contributed by atoms with Crippen LogP contribution in [0.1, 0.15) is 10.4 Å². The summed E-state index contributed by atoms with van der Waals surface area (Å²) in [4.78, 5) is 14.7. The Morgan fingerprint density at radius 2 is 2.12 bits per heavy atom. The van der Waals surface area contributed by atoms with Crippen LogP contribution in [0.3, 0.4) is 0 Å². The van der Waals surface area contributed by atoms with Crippen LogP contribution < -0.4 is 0 Å². The number of carbonyl (C=O) groups is 1. The van der Waals surface area contributed by atoms with Crippen molar-refractivity contribution in [3.8, 4) is 0 Å². The van der Waals surface area contributed by atoms with Gasteiger partial charge in [-0.1, -0.05) is 0 Å². The van der Waals surface area contributed by atoms with Crippen LogP contribution in [-0.4, -0.2) is 44.5 Å². The van der Waals surface area contributed by atoms with E-state index in [0.717, 1.165) is 0 Å². The molecule has 0 saturated carbocycles. The van der Waals surface area contributed by atoms with Crippen LogP contribution in [0.5, 0.6) is 0 Å². The molecule has 0 unspecified atom stereocenters. The fraction of sp³-hybridized carbons (Fsp3) is 0.455. The first-order valence-electron chi connectivity index (χ1n) is 5.10. The van der Waals surface area contributed by atoms with Gasteiger partial charge in [-0.25, -0.2) is 9.78 Å². The molecule has 1 heterocycles. The van der Waals surface area contributed by atoms with Crippen molar-refractivity contribution >= 4 is 5.97 Å². The minimum Gasteiger partial charge on any atom is -0.460 e. The zero-order valence-electron chi connectivity index (χ0n) is 9.52. The Balaban J connectivity index is 2.24. The molecule has 94 valence electrons. The number of esters is 1. The topological polar surface area (TPSA) is 57.7 Å². The van der Waals surface area contributed by atoms with Gasteiger partial charge < -0.3 is 14.2 Å². The highest BCUT2D eigenvalue weighted by Crippen LogP contribution is 2.04. The molecule has 0 N–H and O–H groups in total. The molecule has 0 aliphatic carbocycles. The number of ether oxygens (including phenoxy) is 3. The molecule has 0 saturated heterocycles. The van der Waals surface area contributed by atoms with Gasteiger partial charge in [0.25, 0.3) is 0 Å². The first-order chi connectivity index (χ1) is 8.25. The summed E-state index contributed by atoms with van der Waals surface area (Å²) in [5.41, 5.74) is -0.176. The molecular formula is C11H14FNO4. The summed E-state index contributed by atoms with van der Waals surface area (Å²) in [7, 11) is 1.56. The van der Waals surface area contributed by atoms with Crippen LogP contribution in [0.25, 0.3) is 0 Å². The largest absolute Gasteiger partial charge is 0.460 e. The molecule has 1 aromatic rings. The Kier molecular flexibility index (Phi) is 6.13. The monoisotopic (exact) mass is 243 g/mol. The number of methoxy groups -OCH3 is 1. The number of rotatable bonds is 7. The van der Waals surface area contributed by atoms with Crippen molar-refractivity contribution < 1.29 is 23.4 Å². The molecule has 17 heavy (non-hydrogen) atoms.